The summed E-state index contributed by atoms with van der Waals surface area (Å²) >= 11 is 0. The molecule has 0 atom stereocenters. The Hall–Kier alpha value is -3.90. The molecular formula is C23H18N2O4. The van der Waals surface area contributed by atoms with Crippen molar-refractivity contribution >= 4 is 21.8 Å². The minimum absolute atomic E-state index is 0.198. The average Bonchev–Trinajstić information content (AvgIpc) is 3.35. The number of fused-ring (bicyclic) bond motifs is 2. The number of benzene rings is 3. The summed E-state index contributed by atoms with van der Waals surface area (Å²) in [6.07, 6.45) is 0. The van der Waals surface area contributed by atoms with E-state index in [1.165, 1.54) is 12.1 Å². The van der Waals surface area contributed by atoms with E-state index in [1.54, 1.807) is 0 Å². The van der Waals surface area contributed by atoms with Gasteiger partial charge in [-0.15, -0.1) is 0 Å². The molecule has 0 fully saturated rings. The largest absolute Gasteiger partial charge is 0.504 e. The van der Waals surface area contributed by atoms with Gasteiger partial charge in [-0.3, -0.25) is 0 Å². The van der Waals surface area contributed by atoms with Crippen LogP contribution in [0.25, 0.3) is 21.8 Å². The number of para-hydroxylation sites is 2. The lowest BCUT2D eigenvalue weighted by molar-refractivity contribution is 0.117. The summed E-state index contributed by atoms with van der Waals surface area (Å²) in [7, 11) is 0. The number of hydrogen-bond donors (Lipinski definition) is 6. The van der Waals surface area contributed by atoms with Crippen molar-refractivity contribution in [2.75, 3.05) is 0 Å². The molecule has 5 rings (SSSR count). The third kappa shape index (κ3) is 2.54. The van der Waals surface area contributed by atoms with Gasteiger partial charge in [-0.25, -0.2) is 0 Å². The monoisotopic (exact) mass is 386 g/mol. The van der Waals surface area contributed by atoms with E-state index in [-0.39, 0.29) is 5.56 Å². The molecule has 0 amide bonds. The molecule has 0 aliphatic carbocycles. The molecule has 2 heterocycles. The maximum atomic E-state index is 12.0. The molecule has 0 saturated carbocycles. The first kappa shape index (κ1) is 17.2. The van der Waals surface area contributed by atoms with E-state index in [1.807, 2.05) is 60.7 Å². The summed E-state index contributed by atoms with van der Waals surface area (Å²) in [6, 6.07) is 21.4. The predicted octanol–water partition coefficient (Wildman–Crippen LogP) is 4.05. The van der Waals surface area contributed by atoms with E-state index in [0.29, 0.717) is 11.4 Å². The van der Waals surface area contributed by atoms with Crippen LogP contribution in [0.1, 0.15) is 17.0 Å². The Labute approximate surface area is 165 Å². The number of nitrogens with one attached hydrogen (secondary N) is 2. The Morgan fingerprint density at radius 3 is 1.52 bits per heavy atom. The van der Waals surface area contributed by atoms with Gasteiger partial charge in [-0.1, -0.05) is 36.4 Å². The smallest absolute Gasteiger partial charge is 0.200 e. The van der Waals surface area contributed by atoms with Crippen LogP contribution < -0.4 is 0 Å². The summed E-state index contributed by atoms with van der Waals surface area (Å²) in [5.74, 6) is -1.68. The van der Waals surface area contributed by atoms with E-state index >= 15 is 0 Å². The molecule has 6 N–H and O–H groups in total. The number of aliphatic hydroxyl groups is 1. The highest BCUT2D eigenvalue weighted by Crippen LogP contribution is 2.44. The molecule has 0 unspecified atom stereocenters. The van der Waals surface area contributed by atoms with Crippen LogP contribution in [0.5, 0.6) is 17.2 Å². The summed E-state index contributed by atoms with van der Waals surface area (Å²) in [4.78, 5) is 6.47. The van der Waals surface area contributed by atoms with Crippen molar-refractivity contribution in [3.63, 3.8) is 0 Å². The quantitative estimate of drug-likeness (QED) is 0.263. The molecule has 3 aromatic carbocycles. The molecule has 144 valence electrons. The van der Waals surface area contributed by atoms with Crippen LogP contribution in [0.15, 0.2) is 72.8 Å². The zero-order chi connectivity index (χ0) is 20.2. The second kappa shape index (κ2) is 6.05. The third-order valence-corrected chi connectivity index (χ3v) is 5.33. The van der Waals surface area contributed by atoms with Gasteiger partial charge in [0.1, 0.15) is 0 Å². The van der Waals surface area contributed by atoms with Crippen LogP contribution in [0.2, 0.25) is 0 Å². The van der Waals surface area contributed by atoms with E-state index in [2.05, 4.69) is 9.97 Å². The Kier molecular flexibility index (Phi) is 3.59. The molecule has 6 heteroatoms. The van der Waals surface area contributed by atoms with Crippen LogP contribution in [0.4, 0.5) is 0 Å². The van der Waals surface area contributed by atoms with Crippen molar-refractivity contribution in [3.8, 4) is 17.2 Å². The van der Waals surface area contributed by atoms with Crippen molar-refractivity contribution in [2.24, 2.45) is 0 Å². The lowest BCUT2D eigenvalue weighted by atomic mass is 9.86. The average molecular weight is 386 g/mol. The number of phenolic OH excluding ortho intramolecular Hbond substituents is 3. The Bertz CT molecular complexity index is 1200. The molecule has 0 aliphatic heterocycles. The highest BCUT2D eigenvalue weighted by molar-refractivity contribution is 5.83. The standard InChI is InChI=1S/C23H18N2O4/c26-18-11-15(12-19(27)22(18)28)23(29,20-9-13-5-1-3-7-16(13)24-20)21-10-14-6-2-4-8-17(14)25-21/h1-12,24-29H. The maximum Gasteiger partial charge on any atom is 0.200 e. The van der Waals surface area contributed by atoms with Gasteiger partial charge in [0.05, 0.1) is 11.4 Å². The molecule has 29 heavy (non-hydrogen) atoms. The van der Waals surface area contributed by atoms with E-state index < -0.39 is 22.8 Å². The van der Waals surface area contributed by atoms with Crippen LogP contribution in [0.3, 0.4) is 0 Å². The van der Waals surface area contributed by atoms with Crippen LogP contribution >= 0.6 is 0 Å². The van der Waals surface area contributed by atoms with Gasteiger partial charge in [0.25, 0.3) is 0 Å². The zero-order valence-electron chi connectivity index (χ0n) is 15.2. The molecule has 5 aromatic rings. The molecule has 0 bridgehead atoms. The number of aromatic amines is 2. The van der Waals surface area contributed by atoms with E-state index in [4.69, 9.17) is 0 Å². The lowest BCUT2D eigenvalue weighted by Crippen LogP contribution is -2.29. The first-order valence-electron chi connectivity index (χ1n) is 9.11. The number of hydrogen-bond acceptors (Lipinski definition) is 4. The summed E-state index contributed by atoms with van der Waals surface area (Å²) in [5, 5.41) is 43.7. The number of phenols is 3. The van der Waals surface area contributed by atoms with Crippen molar-refractivity contribution < 1.29 is 20.4 Å². The number of rotatable bonds is 3. The van der Waals surface area contributed by atoms with Gasteiger partial charge < -0.3 is 30.4 Å². The first-order chi connectivity index (χ1) is 14.0. The van der Waals surface area contributed by atoms with Crippen molar-refractivity contribution in [3.05, 3.63) is 89.7 Å². The Balaban J connectivity index is 1.83. The third-order valence-electron chi connectivity index (χ3n) is 5.33. The normalized spacial score (nSPS) is 12.0. The first-order valence-corrected chi connectivity index (χ1v) is 9.11. The Morgan fingerprint density at radius 1 is 0.621 bits per heavy atom. The van der Waals surface area contributed by atoms with Crippen molar-refractivity contribution in [1.29, 1.82) is 0 Å². The lowest BCUT2D eigenvalue weighted by Gasteiger charge is -2.27. The van der Waals surface area contributed by atoms with Crippen LogP contribution in [-0.2, 0) is 5.60 Å². The van der Waals surface area contributed by atoms with Gasteiger partial charge in [0.15, 0.2) is 22.8 Å². The molecular weight excluding hydrogens is 368 g/mol. The molecule has 0 spiro atoms. The minimum Gasteiger partial charge on any atom is -0.504 e. The van der Waals surface area contributed by atoms with Crippen LogP contribution in [0, 0.1) is 0 Å². The van der Waals surface area contributed by atoms with E-state index in [9.17, 15) is 20.4 Å². The van der Waals surface area contributed by atoms with Gasteiger partial charge in [-0.05, 0) is 47.2 Å². The topological polar surface area (TPSA) is 112 Å². The zero-order valence-corrected chi connectivity index (χ0v) is 15.2. The maximum absolute atomic E-state index is 12.0. The number of aromatic nitrogens is 2. The van der Waals surface area contributed by atoms with Gasteiger partial charge >= 0.3 is 0 Å². The molecule has 2 aromatic heterocycles. The highest BCUT2D eigenvalue weighted by atomic mass is 16.3. The minimum atomic E-state index is -1.75. The molecule has 6 nitrogen and oxygen atoms in total. The fourth-order valence-corrected chi connectivity index (χ4v) is 3.81. The predicted molar refractivity (Wildman–Crippen MR) is 110 cm³/mol. The fraction of sp³-hybridized carbons (Fsp3) is 0.0435. The van der Waals surface area contributed by atoms with Crippen LogP contribution in [-0.4, -0.2) is 30.4 Å². The second-order valence-corrected chi connectivity index (χ2v) is 7.11. The molecule has 0 radical (unpaired) electrons. The SMILES string of the molecule is Oc1cc(C(O)(c2cc3ccccc3[nH]2)c2cc3ccccc3[nH]2)cc(O)c1O. The van der Waals surface area contributed by atoms with E-state index in [0.717, 1.165) is 21.8 Å². The summed E-state index contributed by atoms with van der Waals surface area (Å²) in [6.45, 7) is 0. The second-order valence-electron chi connectivity index (χ2n) is 7.11. The van der Waals surface area contributed by atoms with Crippen molar-refractivity contribution in [2.45, 2.75) is 5.60 Å². The molecule has 0 aliphatic rings. The van der Waals surface area contributed by atoms with Gasteiger partial charge in [0.2, 0.25) is 0 Å². The van der Waals surface area contributed by atoms with Gasteiger partial charge in [0, 0.05) is 16.6 Å². The Morgan fingerprint density at radius 2 is 1.07 bits per heavy atom. The van der Waals surface area contributed by atoms with Crippen molar-refractivity contribution in [1.82, 2.24) is 9.97 Å². The summed E-state index contributed by atoms with van der Waals surface area (Å²) < 4.78 is 0. The highest BCUT2D eigenvalue weighted by Gasteiger charge is 2.38. The molecule has 0 saturated heterocycles. The summed E-state index contributed by atoms with van der Waals surface area (Å²) in [5.41, 5.74) is 1.03. The fourth-order valence-electron chi connectivity index (χ4n) is 3.81. The van der Waals surface area contributed by atoms with Gasteiger partial charge in [-0.2, -0.15) is 0 Å². The number of H-pyrrole nitrogens is 2. The number of aromatic hydroxyl groups is 3.